The quantitative estimate of drug-likeness (QED) is 0.524. The van der Waals surface area contributed by atoms with E-state index in [4.69, 9.17) is 4.43 Å². The minimum atomic E-state index is -1.88. The molecule has 0 bridgehead atoms. The molecule has 0 radical (unpaired) electrons. The van der Waals surface area contributed by atoms with E-state index < -0.39 is 8.32 Å². The van der Waals surface area contributed by atoms with Crippen molar-refractivity contribution in [3.05, 3.63) is 0 Å². The number of hydrogen-bond acceptors (Lipinski definition) is 2. The summed E-state index contributed by atoms with van der Waals surface area (Å²) in [7, 11) is -1.88. The zero-order valence-electron chi connectivity index (χ0n) is 11.1. The Kier molecular flexibility index (Phi) is 5.57. The van der Waals surface area contributed by atoms with Crippen molar-refractivity contribution in [3.8, 4) is 0 Å². The maximum Gasteiger partial charge on any atom is 0.292 e. The maximum atomic E-state index is 11.6. The predicted octanol–water partition coefficient (Wildman–Crippen LogP) is 4.12. The van der Waals surface area contributed by atoms with Crippen LogP contribution in [0.5, 0.6) is 0 Å². The molecule has 3 heteroatoms. The monoisotopic (exact) mass is 230 g/mol. The Morgan fingerprint density at radius 1 is 1.20 bits per heavy atom. The predicted molar refractivity (Wildman–Crippen MR) is 67.4 cm³/mol. The summed E-state index contributed by atoms with van der Waals surface area (Å²) in [5.41, 5.74) is 0. The average molecular weight is 230 g/mol. The van der Waals surface area contributed by atoms with Gasteiger partial charge in [0.15, 0.2) is 0 Å². The van der Waals surface area contributed by atoms with Gasteiger partial charge in [-0.05, 0) is 24.6 Å². The highest BCUT2D eigenvalue weighted by Crippen LogP contribution is 2.36. The van der Waals surface area contributed by atoms with E-state index in [0.29, 0.717) is 6.42 Å². The first-order valence-corrected chi connectivity index (χ1v) is 8.83. The van der Waals surface area contributed by atoms with Crippen molar-refractivity contribution >= 4 is 14.3 Å². The standard InChI is InChI=1S/C12H26O2Si/c1-7-8-9-10-11(13)14-15(5,6)12(2,3)4/h7-10H2,1-6H3. The molecule has 0 aliphatic carbocycles. The van der Waals surface area contributed by atoms with Crippen LogP contribution in [0.15, 0.2) is 0 Å². The minimum Gasteiger partial charge on any atom is -0.519 e. The molecule has 0 aromatic carbocycles. The van der Waals surface area contributed by atoms with E-state index >= 15 is 0 Å². The van der Waals surface area contributed by atoms with Gasteiger partial charge < -0.3 is 4.43 Å². The second kappa shape index (κ2) is 5.68. The molecule has 0 saturated carbocycles. The van der Waals surface area contributed by atoms with E-state index in [2.05, 4.69) is 40.8 Å². The van der Waals surface area contributed by atoms with Gasteiger partial charge in [0.1, 0.15) is 0 Å². The van der Waals surface area contributed by atoms with Crippen LogP contribution < -0.4 is 0 Å². The van der Waals surface area contributed by atoms with Crippen molar-refractivity contribution in [2.24, 2.45) is 0 Å². The summed E-state index contributed by atoms with van der Waals surface area (Å²) in [6, 6.07) is 0. The van der Waals surface area contributed by atoms with E-state index in [-0.39, 0.29) is 11.0 Å². The van der Waals surface area contributed by atoms with Crippen molar-refractivity contribution in [2.45, 2.75) is 71.5 Å². The molecular weight excluding hydrogens is 204 g/mol. The van der Waals surface area contributed by atoms with E-state index in [1.165, 1.54) is 0 Å². The first-order chi connectivity index (χ1) is 6.70. The first kappa shape index (κ1) is 14.7. The van der Waals surface area contributed by atoms with Gasteiger partial charge in [0.2, 0.25) is 0 Å². The largest absolute Gasteiger partial charge is 0.519 e. The molecule has 15 heavy (non-hydrogen) atoms. The SMILES string of the molecule is CCCCCC(=O)O[Si](C)(C)C(C)(C)C. The highest BCUT2D eigenvalue weighted by Gasteiger charge is 2.40. The van der Waals surface area contributed by atoms with Crippen LogP contribution in [0.2, 0.25) is 18.1 Å². The zero-order valence-corrected chi connectivity index (χ0v) is 12.1. The summed E-state index contributed by atoms with van der Waals surface area (Å²) in [4.78, 5) is 11.6. The molecule has 0 heterocycles. The van der Waals surface area contributed by atoms with Crippen molar-refractivity contribution in [2.75, 3.05) is 0 Å². The van der Waals surface area contributed by atoms with Gasteiger partial charge in [-0.1, -0.05) is 40.5 Å². The molecule has 0 amide bonds. The van der Waals surface area contributed by atoms with Gasteiger partial charge >= 0.3 is 0 Å². The van der Waals surface area contributed by atoms with Gasteiger partial charge in [0.25, 0.3) is 14.3 Å². The Bertz CT molecular complexity index is 204. The average Bonchev–Trinajstić information content (AvgIpc) is 2.01. The Balaban J connectivity index is 4.06. The van der Waals surface area contributed by atoms with Gasteiger partial charge in [0, 0.05) is 6.42 Å². The third-order valence-electron chi connectivity index (χ3n) is 3.16. The van der Waals surface area contributed by atoms with Gasteiger partial charge in [0.05, 0.1) is 0 Å². The molecule has 0 unspecified atom stereocenters. The Hall–Kier alpha value is -0.313. The molecule has 0 aliphatic rings. The van der Waals surface area contributed by atoms with Crippen molar-refractivity contribution in [3.63, 3.8) is 0 Å². The van der Waals surface area contributed by atoms with Crippen LogP contribution in [-0.4, -0.2) is 14.3 Å². The molecule has 0 aliphatic heterocycles. The Morgan fingerprint density at radius 3 is 2.13 bits per heavy atom. The molecule has 0 spiro atoms. The van der Waals surface area contributed by atoms with Crippen molar-refractivity contribution in [1.82, 2.24) is 0 Å². The number of rotatable bonds is 5. The smallest absolute Gasteiger partial charge is 0.292 e. The maximum absolute atomic E-state index is 11.6. The fourth-order valence-electron chi connectivity index (χ4n) is 1.01. The van der Waals surface area contributed by atoms with Crippen LogP contribution in [0.4, 0.5) is 0 Å². The lowest BCUT2D eigenvalue weighted by atomic mass is 10.2. The lowest BCUT2D eigenvalue weighted by Crippen LogP contribution is -2.42. The molecule has 0 fully saturated rings. The molecular formula is C12H26O2Si. The number of carbonyl (C=O) groups excluding carboxylic acids is 1. The normalized spacial score (nSPS) is 12.7. The topological polar surface area (TPSA) is 26.3 Å². The van der Waals surface area contributed by atoms with Crippen LogP contribution in [0.1, 0.15) is 53.4 Å². The number of carbonyl (C=O) groups is 1. The summed E-state index contributed by atoms with van der Waals surface area (Å²) < 4.78 is 5.65. The second-order valence-electron chi connectivity index (χ2n) is 5.69. The van der Waals surface area contributed by atoms with Crippen LogP contribution in [-0.2, 0) is 9.22 Å². The van der Waals surface area contributed by atoms with E-state index in [1.54, 1.807) is 0 Å². The summed E-state index contributed by atoms with van der Waals surface area (Å²) in [6.07, 6.45) is 3.81. The number of hydrogen-bond donors (Lipinski definition) is 0. The van der Waals surface area contributed by atoms with E-state index in [0.717, 1.165) is 19.3 Å². The van der Waals surface area contributed by atoms with Gasteiger partial charge in [-0.15, -0.1) is 0 Å². The fraction of sp³-hybridized carbons (Fsp3) is 0.917. The van der Waals surface area contributed by atoms with Crippen molar-refractivity contribution < 1.29 is 9.22 Å². The third kappa shape index (κ3) is 5.35. The highest BCUT2D eigenvalue weighted by molar-refractivity contribution is 6.75. The second-order valence-corrected chi connectivity index (χ2v) is 10.4. The molecule has 0 rings (SSSR count). The van der Waals surface area contributed by atoms with Gasteiger partial charge in [-0.2, -0.15) is 0 Å². The van der Waals surface area contributed by atoms with E-state index in [9.17, 15) is 4.79 Å². The summed E-state index contributed by atoms with van der Waals surface area (Å²) >= 11 is 0. The lowest BCUT2D eigenvalue weighted by molar-refractivity contribution is -0.135. The third-order valence-corrected chi connectivity index (χ3v) is 7.51. The molecule has 0 aromatic rings. The fourth-order valence-corrected chi connectivity index (χ4v) is 1.99. The lowest BCUT2D eigenvalue weighted by Gasteiger charge is -2.35. The van der Waals surface area contributed by atoms with Gasteiger partial charge in [-0.25, -0.2) is 0 Å². The van der Waals surface area contributed by atoms with Crippen LogP contribution >= 0.6 is 0 Å². The summed E-state index contributed by atoms with van der Waals surface area (Å²) in [6.45, 7) is 12.8. The van der Waals surface area contributed by atoms with E-state index in [1.807, 2.05) is 0 Å². The molecule has 90 valence electrons. The van der Waals surface area contributed by atoms with Crippen LogP contribution in [0.25, 0.3) is 0 Å². The highest BCUT2D eigenvalue weighted by atomic mass is 28.4. The zero-order chi connectivity index (χ0) is 12.1. The van der Waals surface area contributed by atoms with Crippen LogP contribution in [0, 0.1) is 0 Å². The molecule has 0 saturated heterocycles. The van der Waals surface area contributed by atoms with Crippen LogP contribution in [0.3, 0.4) is 0 Å². The summed E-state index contributed by atoms with van der Waals surface area (Å²) in [5, 5.41) is 0.118. The molecule has 0 N–H and O–H groups in total. The minimum absolute atomic E-state index is 0.00459. The van der Waals surface area contributed by atoms with Gasteiger partial charge in [-0.3, -0.25) is 4.79 Å². The number of unbranched alkanes of at least 4 members (excludes halogenated alkanes) is 2. The molecule has 0 atom stereocenters. The summed E-state index contributed by atoms with van der Waals surface area (Å²) in [5.74, 6) is -0.00459. The molecule has 0 aromatic heterocycles. The Labute approximate surface area is 95.5 Å². The Morgan fingerprint density at radius 2 is 1.73 bits per heavy atom. The van der Waals surface area contributed by atoms with Crippen molar-refractivity contribution in [1.29, 1.82) is 0 Å². The first-order valence-electron chi connectivity index (χ1n) is 5.92. The molecule has 2 nitrogen and oxygen atoms in total.